The molecule has 158 valence electrons. The zero-order chi connectivity index (χ0) is 21.3. The molecule has 0 radical (unpaired) electrons. The van der Waals surface area contributed by atoms with Crippen LogP contribution < -0.4 is 10.6 Å². The molecule has 5 nitrogen and oxygen atoms in total. The second-order valence-electron chi connectivity index (χ2n) is 6.48. The van der Waals surface area contributed by atoms with Crippen LogP contribution in [0.2, 0.25) is 0 Å². The summed E-state index contributed by atoms with van der Waals surface area (Å²) in [6.45, 7) is 0.534. The van der Waals surface area contributed by atoms with Crippen molar-refractivity contribution in [2.75, 3.05) is 19.3 Å². The van der Waals surface area contributed by atoms with E-state index in [1.807, 2.05) is 6.07 Å². The number of benzene rings is 2. The van der Waals surface area contributed by atoms with Crippen molar-refractivity contribution in [2.45, 2.75) is 24.9 Å². The number of alkyl halides is 3. The second-order valence-corrected chi connectivity index (χ2v) is 8.67. The molecule has 0 aliphatic carbocycles. The van der Waals surface area contributed by atoms with Gasteiger partial charge in [0.15, 0.2) is 15.8 Å². The second kappa shape index (κ2) is 10.3. The first kappa shape index (κ1) is 22.7. The molecule has 2 aromatic carbocycles. The number of hydrogen-bond acceptors (Lipinski definition) is 3. The van der Waals surface area contributed by atoms with Gasteiger partial charge in [0.2, 0.25) is 0 Å². The molecular weight excluding hydrogens is 403 g/mol. The van der Waals surface area contributed by atoms with Crippen LogP contribution >= 0.6 is 0 Å². The molecule has 0 fully saturated rings. The summed E-state index contributed by atoms with van der Waals surface area (Å²) in [5.74, 6) is 0.415. The van der Waals surface area contributed by atoms with Crippen LogP contribution in [0, 0.1) is 0 Å². The summed E-state index contributed by atoms with van der Waals surface area (Å²) in [5.41, 5.74) is 0.510. The number of guanidine groups is 1. The molecule has 0 unspecified atom stereocenters. The Morgan fingerprint density at radius 3 is 2.34 bits per heavy atom. The van der Waals surface area contributed by atoms with Gasteiger partial charge in [-0.25, -0.2) is 8.42 Å². The van der Waals surface area contributed by atoms with Crippen LogP contribution in [0.1, 0.15) is 23.1 Å². The predicted octanol–water partition coefficient (Wildman–Crippen LogP) is 3.38. The van der Waals surface area contributed by atoms with E-state index in [9.17, 15) is 21.6 Å². The van der Waals surface area contributed by atoms with Crippen molar-refractivity contribution in [1.29, 1.82) is 0 Å². The minimum absolute atomic E-state index is 0.00361. The van der Waals surface area contributed by atoms with Gasteiger partial charge < -0.3 is 10.6 Å². The first-order valence-corrected chi connectivity index (χ1v) is 10.9. The lowest BCUT2D eigenvalue weighted by Crippen LogP contribution is -2.37. The summed E-state index contributed by atoms with van der Waals surface area (Å²) in [7, 11) is -1.68. The summed E-state index contributed by atoms with van der Waals surface area (Å²) in [6, 6.07) is 14.0. The fourth-order valence-corrected chi connectivity index (χ4v) is 4.09. The fraction of sp³-hybridized carbons (Fsp3) is 0.350. The van der Waals surface area contributed by atoms with Crippen molar-refractivity contribution in [2.24, 2.45) is 4.99 Å². The first-order chi connectivity index (χ1) is 13.7. The summed E-state index contributed by atoms with van der Waals surface area (Å²) >= 11 is 0. The Balaban J connectivity index is 1.77. The van der Waals surface area contributed by atoms with Gasteiger partial charge in [0.05, 0.1) is 17.1 Å². The molecular formula is C20H24F3N3O2S. The van der Waals surface area contributed by atoms with E-state index < -0.39 is 21.6 Å². The molecule has 0 aliphatic rings. The average molecular weight is 427 g/mol. The van der Waals surface area contributed by atoms with E-state index in [0.29, 0.717) is 24.5 Å². The number of sulfone groups is 1. The Bertz CT molecular complexity index is 914. The van der Waals surface area contributed by atoms with Crippen molar-refractivity contribution >= 4 is 15.8 Å². The highest BCUT2D eigenvalue weighted by Crippen LogP contribution is 2.29. The molecule has 0 saturated carbocycles. The van der Waals surface area contributed by atoms with Crippen LogP contribution in [-0.4, -0.2) is 33.7 Å². The molecule has 0 amide bonds. The molecule has 0 bridgehead atoms. The van der Waals surface area contributed by atoms with Crippen molar-refractivity contribution in [3.05, 3.63) is 71.3 Å². The van der Waals surface area contributed by atoms with Gasteiger partial charge in [0, 0.05) is 20.1 Å². The largest absolute Gasteiger partial charge is 0.416 e. The molecule has 2 rings (SSSR count). The Labute approximate surface area is 169 Å². The van der Waals surface area contributed by atoms with E-state index in [0.717, 1.165) is 17.7 Å². The van der Waals surface area contributed by atoms with Gasteiger partial charge in [-0.05, 0) is 29.7 Å². The van der Waals surface area contributed by atoms with Gasteiger partial charge in [0.1, 0.15) is 0 Å². The van der Waals surface area contributed by atoms with Gasteiger partial charge >= 0.3 is 6.18 Å². The smallest absolute Gasteiger partial charge is 0.356 e. The minimum atomic E-state index is -4.39. The number of rotatable bonds is 8. The third kappa shape index (κ3) is 8.15. The lowest BCUT2D eigenvalue weighted by Gasteiger charge is -2.13. The van der Waals surface area contributed by atoms with E-state index in [2.05, 4.69) is 15.6 Å². The maximum absolute atomic E-state index is 12.8. The molecule has 0 aromatic heterocycles. The summed E-state index contributed by atoms with van der Waals surface area (Å²) in [5, 5.41) is 5.90. The van der Waals surface area contributed by atoms with Crippen molar-refractivity contribution in [1.82, 2.24) is 10.6 Å². The molecule has 9 heteroatoms. The molecule has 29 heavy (non-hydrogen) atoms. The Morgan fingerprint density at radius 2 is 1.69 bits per heavy atom. The van der Waals surface area contributed by atoms with Crippen molar-refractivity contribution < 1.29 is 21.6 Å². The van der Waals surface area contributed by atoms with Gasteiger partial charge in [-0.15, -0.1) is 0 Å². The maximum Gasteiger partial charge on any atom is 0.416 e. The van der Waals surface area contributed by atoms with Crippen molar-refractivity contribution in [3.8, 4) is 0 Å². The van der Waals surface area contributed by atoms with Crippen LogP contribution in [-0.2, 0) is 28.3 Å². The Kier molecular flexibility index (Phi) is 8.07. The molecule has 0 spiro atoms. The Hall–Kier alpha value is -2.55. The van der Waals surface area contributed by atoms with Gasteiger partial charge in [-0.2, -0.15) is 13.2 Å². The standard InChI is InChI=1S/C20H24F3N3O2S/c1-24-19(26-14-17-9-5-10-18(13-17)20(21,22)23)25-11-6-12-29(27,28)15-16-7-3-2-4-8-16/h2-5,7-10,13H,6,11-12,14-15H2,1H3,(H2,24,25,26). The molecule has 2 N–H and O–H groups in total. The number of nitrogens with one attached hydrogen (secondary N) is 2. The molecule has 0 saturated heterocycles. The van der Waals surface area contributed by atoms with Crippen LogP contribution in [0.4, 0.5) is 13.2 Å². The normalized spacial score (nSPS) is 12.6. The maximum atomic E-state index is 12.8. The highest BCUT2D eigenvalue weighted by atomic mass is 32.2. The minimum Gasteiger partial charge on any atom is -0.356 e. The predicted molar refractivity (Wildman–Crippen MR) is 108 cm³/mol. The topological polar surface area (TPSA) is 70.6 Å². The van der Waals surface area contributed by atoms with E-state index in [1.54, 1.807) is 30.3 Å². The van der Waals surface area contributed by atoms with Crippen LogP contribution in [0.3, 0.4) is 0 Å². The lowest BCUT2D eigenvalue weighted by molar-refractivity contribution is -0.137. The number of halogens is 3. The van der Waals surface area contributed by atoms with Crippen molar-refractivity contribution in [3.63, 3.8) is 0 Å². The molecule has 0 heterocycles. The third-order valence-electron chi connectivity index (χ3n) is 4.09. The molecule has 2 aromatic rings. The monoisotopic (exact) mass is 427 g/mol. The summed E-state index contributed by atoms with van der Waals surface area (Å²) in [6.07, 6.45) is -4.00. The van der Waals surface area contributed by atoms with Crippen LogP contribution in [0.25, 0.3) is 0 Å². The average Bonchev–Trinajstić information content (AvgIpc) is 2.67. The third-order valence-corrected chi connectivity index (χ3v) is 5.78. The first-order valence-electron chi connectivity index (χ1n) is 9.04. The van der Waals surface area contributed by atoms with E-state index >= 15 is 0 Å². The lowest BCUT2D eigenvalue weighted by atomic mass is 10.1. The summed E-state index contributed by atoms with van der Waals surface area (Å²) in [4.78, 5) is 4.00. The number of aliphatic imine (C=N–C) groups is 1. The quantitative estimate of drug-likeness (QED) is 0.385. The van der Waals surface area contributed by atoms with E-state index in [4.69, 9.17) is 0 Å². The SMILES string of the molecule is CN=C(NCCCS(=O)(=O)Cc1ccccc1)NCc1cccc(C(F)(F)F)c1. The highest BCUT2D eigenvalue weighted by Gasteiger charge is 2.30. The zero-order valence-corrected chi connectivity index (χ0v) is 16.9. The molecule has 0 atom stereocenters. The number of hydrogen-bond donors (Lipinski definition) is 2. The number of nitrogens with zero attached hydrogens (tertiary/aromatic N) is 1. The van der Waals surface area contributed by atoms with Gasteiger partial charge in [-0.1, -0.05) is 42.5 Å². The zero-order valence-electron chi connectivity index (χ0n) is 16.0. The fourth-order valence-electron chi connectivity index (χ4n) is 2.66. The van der Waals surface area contributed by atoms with Crippen LogP contribution in [0.15, 0.2) is 59.6 Å². The Morgan fingerprint density at radius 1 is 1.00 bits per heavy atom. The van der Waals surface area contributed by atoms with Gasteiger partial charge in [-0.3, -0.25) is 4.99 Å². The van der Waals surface area contributed by atoms with E-state index in [-0.39, 0.29) is 18.1 Å². The van der Waals surface area contributed by atoms with E-state index in [1.165, 1.54) is 13.1 Å². The van der Waals surface area contributed by atoms with Crippen LogP contribution in [0.5, 0.6) is 0 Å². The highest BCUT2D eigenvalue weighted by molar-refractivity contribution is 7.90. The summed E-state index contributed by atoms with van der Waals surface area (Å²) < 4.78 is 62.6. The van der Waals surface area contributed by atoms with Gasteiger partial charge in [0.25, 0.3) is 0 Å². The molecule has 0 aliphatic heterocycles.